The first-order valence-corrected chi connectivity index (χ1v) is 6.71. The standard InChI is InChI=1S/C9H14N2O3S/c10-4-3-7-6-14-9(11-7)8-2-1-5-15(8,12)13/h6,8H,1-5,10H2. The summed E-state index contributed by atoms with van der Waals surface area (Å²) >= 11 is 0. The van der Waals surface area contributed by atoms with E-state index in [-0.39, 0.29) is 5.75 Å². The highest BCUT2D eigenvalue weighted by atomic mass is 32.2. The van der Waals surface area contributed by atoms with Crippen LogP contribution in [0.1, 0.15) is 29.7 Å². The van der Waals surface area contributed by atoms with Crippen LogP contribution >= 0.6 is 0 Å². The number of aromatic nitrogens is 1. The maximum Gasteiger partial charge on any atom is 0.212 e. The molecule has 1 aromatic rings. The van der Waals surface area contributed by atoms with E-state index in [1.54, 1.807) is 0 Å². The van der Waals surface area contributed by atoms with Crippen LogP contribution in [0.4, 0.5) is 0 Å². The molecule has 84 valence electrons. The van der Waals surface area contributed by atoms with Gasteiger partial charge >= 0.3 is 0 Å². The fourth-order valence-corrected chi connectivity index (χ4v) is 3.60. The number of hydrogen-bond acceptors (Lipinski definition) is 5. The minimum atomic E-state index is -3.03. The zero-order valence-corrected chi connectivity index (χ0v) is 9.16. The Morgan fingerprint density at radius 1 is 1.60 bits per heavy atom. The number of hydrogen-bond donors (Lipinski definition) is 1. The summed E-state index contributed by atoms with van der Waals surface area (Å²) in [6.07, 6.45) is 3.43. The molecule has 1 fully saturated rings. The number of oxazole rings is 1. The van der Waals surface area contributed by atoms with Crippen LogP contribution in [0.3, 0.4) is 0 Å². The van der Waals surface area contributed by atoms with E-state index in [0.29, 0.717) is 31.7 Å². The lowest BCUT2D eigenvalue weighted by Gasteiger charge is -2.02. The van der Waals surface area contributed by atoms with E-state index in [4.69, 9.17) is 10.2 Å². The molecule has 5 nitrogen and oxygen atoms in total. The number of nitrogens with zero attached hydrogens (tertiary/aromatic N) is 1. The molecule has 0 radical (unpaired) electrons. The summed E-state index contributed by atoms with van der Waals surface area (Å²) in [6, 6.07) is 0. The average molecular weight is 230 g/mol. The maximum atomic E-state index is 11.6. The molecule has 0 amide bonds. The Morgan fingerprint density at radius 3 is 3.00 bits per heavy atom. The van der Waals surface area contributed by atoms with Gasteiger partial charge in [-0.05, 0) is 19.4 Å². The van der Waals surface area contributed by atoms with Gasteiger partial charge in [-0.15, -0.1) is 0 Å². The molecule has 1 atom stereocenters. The zero-order chi connectivity index (χ0) is 10.9. The van der Waals surface area contributed by atoms with Gasteiger partial charge in [0.2, 0.25) is 5.89 Å². The molecule has 1 unspecified atom stereocenters. The molecule has 1 aromatic heterocycles. The normalized spacial score (nSPS) is 24.5. The van der Waals surface area contributed by atoms with Gasteiger partial charge < -0.3 is 10.2 Å². The summed E-state index contributed by atoms with van der Waals surface area (Å²) in [6.45, 7) is 0.489. The van der Waals surface area contributed by atoms with Crippen molar-refractivity contribution in [1.82, 2.24) is 4.98 Å². The van der Waals surface area contributed by atoms with Crippen LogP contribution in [-0.4, -0.2) is 25.7 Å². The van der Waals surface area contributed by atoms with Gasteiger partial charge in [0, 0.05) is 6.42 Å². The highest BCUT2D eigenvalue weighted by Gasteiger charge is 2.36. The molecule has 0 saturated carbocycles. The fraction of sp³-hybridized carbons (Fsp3) is 0.667. The number of nitrogens with two attached hydrogens (primary N) is 1. The van der Waals surface area contributed by atoms with Gasteiger partial charge in [-0.1, -0.05) is 0 Å². The van der Waals surface area contributed by atoms with Crippen LogP contribution in [0, 0.1) is 0 Å². The highest BCUT2D eigenvalue weighted by Crippen LogP contribution is 2.33. The van der Waals surface area contributed by atoms with E-state index in [1.165, 1.54) is 6.26 Å². The van der Waals surface area contributed by atoms with E-state index >= 15 is 0 Å². The van der Waals surface area contributed by atoms with E-state index < -0.39 is 15.1 Å². The summed E-state index contributed by atoms with van der Waals surface area (Å²) in [5, 5.41) is -0.538. The minimum absolute atomic E-state index is 0.242. The van der Waals surface area contributed by atoms with Crippen molar-refractivity contribution in [3.8, 4) is 0 Å². The van der Waals surface area contributed by atoms with Gasteiger partial charge in [-0.25, -0.2) is 13.4 Å². The number of sulfone groups is 1. The minimum Gasteiger partial charge on any atom is -0.447 e. The van der Waals surface area contributed by atoms with Crippen LogP contribution in [0.2, 0.25) is 0 Å². The third-order valence-electron chi connectivity index (χ3n) is 2.57. The quantitative estimate of drug-likeness (QED) is 0.813. The van der Waals surface area contributed by atoms with Crippen LogP contribution in [0.15, 0.2) is 10.7 Å². The molecule has 0 aliphatic carbocycles. The summed E-state index contributed by atoms with van der Waals surface area (Å²) in [5.74, 6) is 0.572. The maximum absolute atomic E-state index is 11.6. The summed E-state index contributed by atoms with van der Waals surface area (Å²) in [7, 11) is -3.03. The molecule has 0 spiro atoms. The third-order valence-corrected chi connectivity index (χ3v) is 4.74. The Kier molecular flexibility index (Phi) is 2.79. The van der Waals surface area contributed by atoms with Gasteiger partial charge in [0.25, 0.3) is 0 Å². The predicted molar refractivity (Wildman–Crippen MR) is 55.0 cm³/mol. The second-order valence-electron chi connectivity index (χ2n) is 3.71. The Balaban J connectivity index is 2.22. The second kappa shape index (κ2) is 3.94. The molecule has 15 heavy (non-hydrogen) atoms. The Morgan fingerprint density at radius 2 is 2.40 bits per heavy atom. The molecular weight excluding hydrogens is 216 g/mol. The first-order valence-electron chi connectivity index (χ1n) is 4.99. The van der Waals surface area contributed by atoms with Crippen LogP contribution < -0.4 is 5.73 Å². The smallest absolute Gasteiger partial charge is 0.212 e. The van der Waals surface area contributed by atoms with Gasteiger partial charge in [-0.2, -0.15) is 0 Å². The molecule has 2 heterocycles. The van der Waals surface area contributed by atoms with Crippen molar-refractivity contribution in [2.45, 2.75) is 24.5 Å². The second-order valence-corrected chi connectivity index (χ2v) is 6.02. The summed E-state index contributed by atoms with van der Waals surface area (Å²) in [5.41, 5.74) is 6.11. The zero-order valence-electron chi connectivity index (χ0n) is 8.35. The van der Waals surface area contributed by atoms with Gasteiger partial charge in [0.1, 0.15) is 11.5 Å². The highest BCUT2D eigenvalue weighted by molar-refractivity contribution is 7.91. The first-order chi connectivity index (χ1) is 7.13. The molecule has 2 rings (SSSR count). The van der Waals surface area contributed by atoms with Gasteiger partial charge in [0.05, 0.1) is 11.4 Å². The van der Waals surface area contributed by atoms with Crippen molar-refractivity contribution >= 4 is 9.84 Å². The SMILES string of the molecule is NCCc1coc(C2CCCS2(=O)=O)n1. The van der Waals surface area contributed by atoms with Crippen LogP contribution in [0.5, 0.6) is 0 Å². The van der Waals surface area contributed by atoms with E-state index in [1.807, 2.05) is 0 Å². The van der Waals surface area contributed by atoms with Crippen molar-refractivity contribution < 1.29 is 12.8 Å². The lowest BCUT2D eigenvalue weighted by atomic mass is 10.2. The fourth-order valence-electron chi connectivity index (χ4n) is 1.80. The largest absolute Gasteiger partial charge is 0.447 e. The van der Waals surface area contributed by atoms with Crippen molar-refractivity contribution in [3.05, 3.63) is 17.8 Å². The monoisotopic (exact) mass is 230 g/mol. The first kappa shape index (κ1) is 10.6. The van der Waals surface area contributed by atoms with E-state index in [0.717, 1.165) is 5.69 Å². The van der Waals surface area contributed by atoms with E-state index in [9.17, 15) is 8.42 Å². The molecule has 2 N–H and O–H groups in total. The molecule has 1 saturated heterocycles. The van der Waals surface area contributed by atoms with Crippen molar-refractivity contribution in [2.75, 3.05) is 12.3 Å². The lowest BCUT2D eigenvalue weighted by Crippen LogP contribution is -2.09. The van der Waals surface area contributed by atoms with Gasteiger partial charge in [-0.3, -0.25) is 0 Å². The predicted octanol–water partition coefficient (Wildman–Crippen LogP) is 0.425. The van der Waals surface area contributed by atoms with Gasteiger partial charge in [0.15, 0.2) is 9.84 Å². The third kappa shape index (κ3) is 2.05. The number of rotatable bonds is 3. The molecular formula is C9H14N2O3S. The van der Waals surface area contributed by atoms with Crippen molar-refractivity contribution in [2.24, 2.45) is 5.73 Å². The molecule has 6 heteroatoms. The molecule has 0 aromatic carbocycles. The lowest BCUT2D eigenvalue weighted by molar-refractivity contribution is 0.476. The molecule has 1 aliphatic rings. The molecule has 0 bridgehead atoms. The molecule has 1 aliphatic heterocycles. The Hall–Kier alpha value is -0.880. The van der Waals surface area contributed by atoms with Crippen molar-refractivity contribution in [3.63, 3.8) is 0 Å². The Labute approximate surface area is 88.6 Å². The topological polar surface area (TPSA) is 86.2 Å². The summed E-state index contributed by atoms with van der Waals surface area (Å²) in [4.78, 5) is 4.15. The summed E-state index contributed by atoms with van der Waals surface area (Å²) < 4.78 is 28.4. The van der Waals surface area contributed by atoms with Crippen LogP contribution in [-0.2, 0) is 16.3 Å². The van der Waals surface area contributed by atoms with Crippen molar-refractivity contribution in [1.29, 1.82) is 0 Å². The van der Waals surface area contributed by atoms with E-state index in [2.05, 4.69) is 4.98 Å². The average Bonchev–Trinajstić information content (AvgIpc) is 2.72. The Bertz CT molecular complexity index is 438. The van der Waals surface area contributed by atoms with Crippen LogP contribution in [0.25, 0.3) is 0 Å².